The Morgan fingerprint density at radius 2 is 2.00 bits per heavy atom. The molecule has 2 aromatic heterocycles. The molecule has 0 fully saturated rings. The van der Waals surface area contributed by atoms with Gasteiger partial charge < -0.3 is 4.90 Å². The fraction of sp³-hybridized carbons (Fsp3) is 0.333. The van der Waals surface area contributed by atoms with Gasteiger partial charge in [0.25, 0.3) is 5.91 Å². The van der Waals surface area contributed by atoms with Crippen molar-refractivity contribution < 1.29 is 4.79 Å². The highest BCUT2D eigenvalue weighted by atomic mass is 32.1. The molecule has 120 valence electrons. The molecule has 1 amide bonds. The Balaban J connectivity index is 2.04. The van der Waals surface area contributed by atoms with Gasteiger partial charge in [-0.05, 0) is 51.0 Å². The number of rotatable bonds is 3. The van der Waals surface area contributed by atoms with Crippen molar-refractivity contribution in [1.82, 2.24) is 9.78 Å². The molecule has 0 radical (unpaired) electrons. The van der Waals surface area contributed by atoms with E-state index in [2.05, 4.69) is 30.2 Å². The van der Waals surface area contributed by atoms with Gasteiger partial charge in [-0.1, -0.05) is 12.1 Å². The number of amides is 1. The summed E-state index contributed by atoms with van der Waals surface area (Å²) in [5.74, 6) is 0.0572. The molecule has 0 unspecified atom stereocenters. The van der Waals surface area contributed by atoms with Crippen LogP contribution in [0.25, 0.3) is 10.2 Å². The highest BCUT2D eigenvalue weighted by Gasteiger charge is 2.21. The van der Waals surface area contributed by atoms with E-state index < -0.39 is 0 Å². The molecule has 0 bridgehead atoms. The average Bonchev–Trinajstić information content (AvgIpc) is 3.06. The van der Waals surface area contributed by atoms with Gasteiger partial charge in [0.2, 0.25) is 0 Å². The van der Waals surface area contributed by atoms with Gasteiger partial charge >= 0.3 is 0 Å². The van der Waals surface area contributed by atoms with Crippen LogP contribution in [0.1, 0.15) is 33.4 Å². The lowest BCUT2D eigenvalue weighted by molar-refractivity contribution is 0.0992. The Hall–Kier alpha value is -2.14. The third-order valence-electron chi connectivity index (χ3n) is 4.12. The first kappa shape index (κ1) is 15.7. The molecule has 0 spiro atoms. The van der Waals surface area contributed by atoms with Crippen LogP contribution in [-0.2, 0) is 7.05 Å². The lowest BCUT2D eigenvalue weighted by Crippen LogP contribution is -2.30. The van der Waals surface area contributed by atoms with E-state index in [0.717, 1.165) is 37.6 Å². The van der Waals surface area contributed by atoms with Crippen molar-refractivity contribution in [2.24, 2.45) is 7.05 Å². The minimum absolute atomic E-state index is 0.0572. The molecule has 0 aliphatic heterocycles. The summed E-state index contributed by atoms with van der Waals surface area (Å²) >= 11 is 1.51. The molecule has 0 saturated carbocycles. The van der Waals surface area contributed by atoms with Gasteiger partial charge in [0, 0.05) is 24.7 Å². The van der Waals surface area contributed by atoms with Crippen LogP contribution in [0.3, 0.4) is 0 Å². The number of fused-ring (bicyclic) bond motifs is 1. The second-order valence-corrected chi connectivity index (χ2v) is 6.91. The van der Waals surface area contributed by atoms with Crippen molar-refractivity contribution in [3.63, 3.8) is 0 Å². The molecule has 0 saturated heterocycles. The third kappa shape index (κ3) is 2.65. The van der Waals surface area contributed by atoms with Crippen molar-refractivity contribution in [1.29, 1.82) is 0 Å². The van der Waals surface area contributed by atoms with E-state index >= 15 is 0 Å². The van der Waals surface area contributed by atoms with Gasteiger partial charge in [-0.25, -0.2) is 0 Å². The predicted molar refractivity (Wildman–Crippen MR) is 96.6 cm³/mol. The van der Waals surface area contributed by atoms with Crippen LogP contribution >= 0.6 is 11.3 Å². The minimum atomic E-state index is 0.0572. The highest BCUT2D eigenvalue weighted by Crippen LogP contribution is 2.30. The first-order valence-corrected chi connectivity index (χ1v) is 8.56. The molecule has 3 rings (SSSR count). The van der Waals surface area contributed by atoms with Crippen LogP contribution in [0.5, 0.6) is 0 Å². The number of aromatic nitrogens is 2. The minimum Gasteiger partial charge on any atom is -0.308 e. The lowest BCUT2D eigenvalue weighted by Gasteiger charge is -2.22. The van der Waals surface area contributed by atoms with Crippen molar-refractivity contribution in [3.8, 4) is 0 Å². The van der Waals surface area contributed by atoms with E-state index in [4.69, 9.17) is 0 Å². The van der Waals surface area contributed by atoms with E-state index in [1.807, 2.05) is 43.5 Å². The van der Waals surface area contributed by atoms with Crippen LogP contribution in [0, 0.1) is 20.8 Å². The zero-order chi connectivity index (χ0) is 16.7. The molecule has 3 aromatic rings. The van der Waals surface area contributed by atoms with Crippen molar-refractivity contribution in [2.75, 3.05) is 11.4 Å². The average molecular weight is 327 g/mol. The first-order valence-electron chi connectivity index (χ1n) is 7.74. The second kappa shape index (κ2) is 5.81. The monoisotopic (exact) mass is 327 g/mol. The van der Waals surface area contributed by atoms with E-state index in [0.29, 0.717) is 6.54 Å². The predicted octanol–water partition coefficient (Wildman–Crippen LogP) is 4.23. The highest BCUT2D eigenvalue weighted by molar-refractivity contribution is 7.20. The van der Waals surface area contributed by atoms with E-state index in [1.165, 1.54) is 11.3 Å². The van der Waals surface area contributed by atoms with Crippen LogP contribution in [0.2, 0.25) is 0 Å². The van der Waals surface area contributed by atoms with Gasteiger partial charge in [-0.15, -0.1) is 11.3 Å². The van der Waals surface area contributed by atoms with Gasteiger partial charge in [0.15, 0.2) is 0 Å². The van der Waals surface area contributed by atoms with Crippen LogP contribution in [-0.4, -0.2) is 22.2 Å². The van der Waals surface area contributed by atoms with Crippen molar-refractivity contribution in [3.05, 3.63) is 46.0 Å². The smallest absolute Gasteiger partial charge is 0.268 e. The van der Waals surface area contributed by atoms with Crippen LogP contribution in [0.4, 0.5) is 5.69 Å². The molecule has 0 aliphatic carbocycles. The largest absolute Gasteiger partial charge is 0.308 e. The number of aryl methyl sites for hydroxylation is 4. The Morgan fingerprint density at radius 3 is 2.65 bits per heavy atom. The Bertz CT molecular complexity index is 857. The van der Waals surface area contributed by atoms with Gasteiger partial charge in [-0.3, -0.25) is 9.48 Å². The fourth-order valence-electron chi connectivity index (χ4n) is 2.88. The zero-order valence-corrected chi connectivity index (χ0v) is 15.0. The van der Waals surface area contributed by atoms with Gasteiger partial charge in [0.1, 0.15) is 4.83 Å². The molecule has 0 atom stereocenters. The number of nitrogens with zero attached hydrogens (tertiary/aromatic N) is 3. The number of hydrogen-bond acceptors (Lipinski definition) is 3. The number of hydrogen-bond donors (Lipinski definition) is 0. The third-order valence-corrected chi connectivity index (χ3v) is 5.31. The van der Waals surface area contributed by atoms with E-state index in [-0.39, 0.29) is 5.91 Å². The summed E-state index contributed by atoms with van der Waals surface area (Å²) in [6, 6.07) is 8.19. The number of benzene rings is 1. The normalized spacial score (nSPS) is 11.2. The van der Waals surface area contributed by atoms with Gasteiger partial charge in [0.05, 0.1) is 10.6 Å². The summed E-state index contributed by atoms with van der Waals surface area (Å²) < 4.78 is 1.85. The quantitative estimate of drug-likeness (QED) is 0.722. The number of thiophene rings is 1. The summed E-state index contributed by atoms with van der Waals surface area (Å²) in [5.41, 5.74) is 4.23. The van der Waals surface area contributed by atoms with Gasteiger partial charge in [-0.2, -0.15) is 5.10 Å². The summed E-state index contributed by atoms with van der Waals surface area (Å²) in [5, 5.41) is 5.47. The molecule has 1 aromatic carbocycles. The fourth-order valence-corrected chi connectivity index (χ4v) is 3.95. The van der Waals surface area contributed by atoms with Crippen LogP contribution in [0.15, 0.2) is 24.3 Å². The standard InChI is InChI=1S/C18H21N3OS/c1-6-21(15-9-11(2)7-8-12(15)3)17(22)16-10-14-13(4)19-20(5)18(14)23-16/h7-10H,6H2,1-5H3. The SMILES string of the molecule is CCN(C(=O)c1cc2c(C)nn(C)c2s1)c1cc(C)ccc1C. The molecular weight excluding hydrogens is 306 g/mol. The molecular formula is C18H21N3OS. The molecule has 0 N–H and O–H groups in total. The topological polar surface area (TPSA) is 38.1 Å². The maximum absolute atomic E-state index is 13.0. The zero-order valence-electron chi connectivity index (χ0n) is 14.2. The van der Waals surface area contributed by atoms with E-state index in [1.54, 1.807) is 0 Å². The second-order valence-electron chi connectivity index (χ2n) is 5.88. The Labute approximate surface area is 140 Å². The Morgan fingerprint density at radius 1 is 1.26 bits per heavy atom. The van der Waals surface area contributed by atoms with Crippen molar-refractivity contribution in [2.45, 2.75) is 27.7 Å². The van der Waals surface area contributed by atoms with E-state index in [9.17, 15) is 4.79 Å². The summed E-state index contributed by atoms with van der Waals surface area (Å²) in [6.07, 6.45) is 0. The summed E-state index contributed by atoms with van der Waals surface area (Å²) in [6.45, 7) is 8.74. The summed E-state index contributed by atoms with van der Waals surface area (Å²) in [4.78, 5) is 16.7. The van der Waals surface area contributed by atoms with Crippen LogP contribution < -0.4 is 4.90 Å². The number of anilines is 1. The lowest BCUT2D eigenvalue weighted by atomic mass is 10.1. The molecule has 5 heteroatoms. The molecule has 2 heterocycles. The Kier molecular flexibility index (Phi) is 3.98. The van der Waals surface area contributed by atoms with Crippen molar-refractivity contribution >= 4 is 33.1 Å². The number of carbonyl (C=O) groups excluding carboxylic acids is 1. The maximum Gasteiger partial charge on any atom is 0.268 e. The first-order chi connectivity index (χ1) is 10.9. The molecule has 0 aliphatic rings. The molecule has 4 nitrogen and oxygen atoms in total. The summed E-state index contributed by atoms with van der Waals surface area (Å²) in [7, 11) is 1.92. The molecule has 23 heavy (non-hydrogen) atoms. The number of carbonyl (C=O) groups is 1. The maximum atomic E-state index is 13.0.